The number of fused-ring (bicyclic) bond motifs is 8. The molecule has 3 heterocycles. The summed E-state index contributed by atoms with van der Waals surface area (Å²) in [6.07, 6.45) is 12.7. The zero-order chi connectivity index (χ0) is 41.8. The van der Waals surface area contributed by atoms with Crippen molar-refractivity contribution in [2.75, 3.05) is 0 Å². The molecule has 6 aromatic rings. The molecule has 312 valence electrons. The number of ether oxygens (including phenoxy) is 2. The van der Waals surface area contributed by atoms with Gasteiger partial charge in [0.1, 0.15) is 0 Å². The summed E-state index contributed by atoms with van der Waals surface area (Å²) in [5, 5.41) is 11.5. The number of benzene rings is 4. The van der Waals surface area contributed by atoms with Crippen molar-refractivity contribution >= 4 is 78.8 Å². The Labute approximate surface area is 342 Å². The fourth-order valence-electron chi connectivity index (χ4n) is 7.31. The van der Waals surface area contributed by atoms with E-state index in [-0.39, 0.29) is 31.7 Å². The van der Waals surface area contributed by atoms with E-state index in [0.717, 1.165) is 24.2 Å². The molecule has 1 aliphatic heterocycles. The van der Waals surface area contributed by atoms with Gasteiger partial charge in [-0.15, -0.1) is 15.1 Å². The van der Waals surface area contributed by atoms with Gasteiger partial charge in [0.2, 0.25) is 0 Å². The molecule has 0 saturated carbocycles. The van der Waals surface area contributed by atoms with Gasteiger partial charge in [-0.3, -0.25) is 0 Å². The Morgan fingerprint density at radius 1 is 0.466 bits per heavy atom. The van der Waals surface area contributed by atoms with Gasteiger partial charge in [-0.25, -0.2) is 0 Å². The van der Waals surface area contributed by atoms with Crippen molar-refractivity contribution in [3.63, 3.8) is 0 Å². The molecule has 1 fully saturated rings. The second kappa shape index (κ2) is 19.5. The molecular weight excluding hydrogens is 914 g/mol. The predicted molar refractivity (Wildman–Crippen MR) is 213 cm³/mol. The Hall–Kier alpha value is -3.14. The summed E-state index contributed by atoms with van der Waals surface area (Å²) in [6.45, 7) is 4.15. The summed E-state index contributed by atoms with van der Waals surface area (Å²) in [5.74, 6) is 1.06. The molecule has 0 spiro atoms. The van der Waals surface area contributed by atoms with Crippen LogP contribution in [0.2, 0.25) is 0 Å². The first kappa shape index (κ1) is 47.5. The summed E-state index contributed by atoms with van der Waals surface area (Å²) in [7, 11) is -19.0. The molecule has 9 rings (SSSR count). The summed E-state index contributed by atoms with van der Waals surface area (Å²) in [6, 6.07) is 35.8. The van der Waals surface area contributed by atoms with Gasteiger partial charge in [0.25, 0.3) is 0 Å². The van der Waals surface area contributed by atoms with Crippen LogP contribution >= 0.6 is 15.1 Å². The molecule has 0 amide bonds. The average Bonchev–Trinajstić information content (AvgIpc) is 3.93. The van der Waals surface area contributed by atoms with Gasteiger partial charge in [0, 0.05) is 32.8 Å². The number of hydrogen-bond donors (Lipinski definition) is 0. The maximum absolute atomic E-state index is 9.75. The number of rotatable bonds is 4. The van der Waals surface area contributed by atoms with E-state index in [1.54, 1.807) is 0 Å². The maximum atomic E-state index is 9.75. The van der Waals surface area contributed by atoms with Gasteiger partial charge < -0.3 is 61.3 Å². The third-order valence-corrected chi connectivity index (χ3v) is 14.5. The summed E-state index contributed by atoms with van der Waals surface area (Å²) in [5.41, 5.74) is 0. The van der Waals surface area contributed by atoms with Crippen LogP contribution in [0.25, 0.3) is 42.0 Å². The second-order valence-electron chi connectivity index (χ2n) is 13.8. The van der Waals surface area contributed by atoms with Crippen molar-refractivity contribution in [2.24, 2.45) is 11.8 Å². The van der Waals surface area contributed by atoms with Crippen molar-refractivity contribution in [2.45, 2.75) is 50.6 Å². The van der Waals surface area contributed by atoms with E-state index >= 15 is 0 Å². The van der Waals surface area contributed by atoms with Crippen LogP contribution in [-0.2, 0) is 41.3 Å². The van der Waals surface area contributed by atoms with Crippen molar-refractivity contribution in [3.8, 4) is 0 Å². The van der Waals surface area contributed by atoms with E-state index in [4.69, 9.17) is 9.47 Å². The minimum Gasteiger partial charge on any atom is -0.418 e. The monoisotopic (exact) mass is 950 g/mol. The van der Waals surface area contributed by atoms with Crippen LogP contribution in [-0.4, -0.2) is 39.8 Å². The molecule has 0 radical (unpaired) electrons. The minimum absolute atomic E-state index is 0. The van der Waals surface area contributed by atoms with Gasteiger partial charge >= 0.3 is 41.2 Å². The van der Waals surface area contributed by atoms with Crippen molar-refractivity contribution in [1.29, 1.82) is 0 Å². The normalized spacial score (nSPS) is 20.4. The fourth-order valence-corrected chi connectivity index (χ4v) is 13.0. The Balaban J connectivity index is 0.000000264. The first-order valence-electron chi connectivity index (χ1n) is 17.8. The quantitative estimate of drug-likeness (QED) is 0.0996. The van der Waals surface area contributed by atoms with Gasteiger partial charge in [-0.2, -0.15) is 0 Å². The standard InChI is InChI=1S/C31H28O2P2.C7H8.3BF4.Rh/c1-31(2)32-25(19-34-27-15-7-3-11-21(27)22-12-4-8-16-28(22)34)26(33-31)20-35-29-17-9-5-13-23(29)24-14-6-10-18-30(24)35;1-2-7-4-3-6(1)5-7;3*2-1(3,4)5;/h3-18,25-26H,19-20H2,1-2H3;1-4,6-7H,5H2;;;;/q;;3*-1;+3/t25-,26-;;;;;/m1...../s1. The first-order chi connectivity index (χ1) is 26.5. The van der Waals surface area contributed by atoms with Crippen LogP contribution in [0.4, 0.5) is 51.8 Å². The zero-order valence-electron chi connectivity index (χ0n) is 30.8. The van der Waals surface area contributed by atoms with E-state index in [2.05, 4.69) is 135 Å². The second-order valence-corrected chi connectivity index (χ2v) is 18.2. The van der Waals surface area contributed by atoms with Crippen molar-refractivity contribution in [3.05, 3.63) is 121 Å². The molecule has 0 unspecified atom stereocenters. The molecular formula is C38H36B3F12O2P2Rh. The Kier molecular flexibility index (Phi) is 16.0. The molecule has 1 saturated heterocycles. The molecule has 2 aromatic heterocycles. The summed E-state index contributed by atoms with van der Waals surface area (Å²) >= 11 is 0. The summed E-state index contributed by atoms with van der Waals surface area (Å²) < 4.78 is 130. The molecule has 3 aliphatic rings. The third kappa shape index (κ3) is 14.0. The molecule has 58 heavy (non-hydrogen) atoms. The van der Waals surface area contributed by atoms with Crippen LogP contribution in [0, 0.1) is 11.8 Å². The van der Waals surface area contributed by atoms with Crippen molar-refractivity contribution < 1.29 is 80.7 Å². The van der Waals surface area contributed by atoms with Gasteiger partial charge in [-0.05, 0) is 53.6 Å². The minimum atomic E-state index is -6.00. The molecule has 2 bridgehead atoms. The van der Waals surface area contributed by atoms with Crippen molar-refractivity contribution in [1.82, 2.24) is 0 Å². The van der Waals surface area contributed by atoms with Crippen LogP contribution in [0.3, 0.4) is 0 Å². The Morgan fingerprint density at radius 2 is 0.690 bits per heavy atom. The molecule has 20 heteroatoms. The van der Waals surface area contributed by atoms with Crippen LogP contribution in [0.5, 0.6) is 0 Å². The van der Waals surface area contributed by atoms with Crippen LogP contribution in [0.15, 0.2) is 121 Å². The third-order valence-electron chi connectivity index (χ3n) is 9.13. The van der Waals surface area contributed by atoms with E-state index in [1.807, 2.05) is 0 Å². The molecule has 4 aromatic carbocycles. The van der Waals surface area contributed by atoms with E-state index < -0.39 is 42.6 Å². The first-order valence-corrected chi connectivity index (χ1v) is 20.9. The van der Waals surface area contributed by atoms with Gasteiger partial charge in [-0.1, -0.05) is 121 Å². The molecule has 2 atom stereocenters. The van der Waals surface area contributed by atoms with E-state index in [0.29, 0.717) is 0 Å². The fraction of sp³-hybridized carbons (Fsp3) is 0.263. The topological polar surface area (TPSA) is 18.5 Å². The maximum Gasteiger partial charge on any atom is 3.00 e. The average molecular weight is 950 g/mol. The predicted octanol–water partition coefficient (Wildman–Crippen LogP) is 15.1. The van der Waals surface area contributed by atoms with E-state index in [9.17, 15) is 51.8 Å². The summed E-state index contributed by atoms with van der Waals surface area (Å²) in [4.78, 5) is 0. The largest absolute Gasteiger partial charge is 3.00 e. The molecule has 2 nitrogen and oxygen atoms in total. The Bertz CT molecular complexity index is 2030. The van der Waals surface area contributed by atoms with E-state index in [1.165, 1.54) is 48.4 Å². The van der Waals surface area contributed by atoms with Gasteiger partial charge in [0.15, 0.2) is 5.79 Å². The Morgan fingerprint density at radius 3 is 0.897 bits per heavy atom. The van der Waals surface area contributed by atoms with Gasteiger partial charge in [0.05, 0.1) is 12.2 Å². The zero-order valence-corrected chi connectivity index (χ0v) is 34.2. The SMILES string of the molecule is C1=CC2C=CC1C2.CC1(C)O[C@H](Cp2c3ccccc3c3ccccc32)[C@@H](Cp2c3ccccc3c3ccccc32)O1.F[B-](F)(F)F.F[B-](F)(F)F.F[B-](F)(F)F.[Rh+3]. The number of halogens is 12. The number of hydrogen-bond acceptors (Lipinski definition) is 2. The number of allylic oxidation sites excluding steroid dienone is 4. The van der Waals surface area contributed by atoms with Crippen LogP contribution < -0.4 is 0 Å². The smallest absolute Gasteiger partial charge is 0.418 e. The molecule has 0 N–H and O–H groups in total. The van der Waals surface area contributed by atoms with Crippen LogP contribution in [0.1, 0.15) is 20.3 Å². The molecule has 2 aliphatic carbocycles.